The van der Waals surface area contributed by atoms with Crippen molar-refractivity contribution in [3.05, 3.63) is 0 Å². The Hall–Kier alpha value is 0.0400. The summed E-state index contributed by atoms with van der Waals surface area (Å²) in [4.78, 5) is 0. The highest BCUT2D eigenvalue weighted by atomic mass is 32.2. The highest BCUT2D eigenvalue weighted by Crippen LogP contribution is 1.79. The summed E-state index contributed by atoms with van der Waals surface area (Å²) in [6, 6.07) is 0. The molecule has 54 valence electrons. The van der Waals surface area contributed by atoms with Crippen LogP contribution in [-0.2, 0) is 10.8 Å². The van der Waals surface area contributed by atoms with Crippen LogP contribution in [0.5, 0.6) is 0 Å². The summed E-state index contributed by atoms with van der Waals surface area (Å²) in [6.45, 7) is 0.836. The summed E-state index contributed by atoms with van der Waals surface area (Å²) in [7, 11) is -0.657. The van der Waals surface area contributed by atoms with Gasteiger partial charge in [0, 0.05) is 29.4 Å². The van der Waals surface area contributed by atoms with Crippen LogP contribution >= 0.6 is 12.2 Å². The Bertz CT molecular complexity index is 105. The molecule has 1 atom stereocenters. The van der Waals surface area contributed by atoms with Crippen LogP contribution in [0.1, 0.15) is 6.42 Å². The molecule has 0 saturated carbocycles. The Morgan fingerprint density at radius 2 is 2.44 bits per heavy atom. The molecule has 0 rings (SSSR count). The molecule has 0 aliphatic rings. The molecule has 0 aromatic heterocycles. The van der Waals surface area contributed by atoms with Gasteiger partial charge in [-0.3, -0.25) is 4.21 Å². The van der Waals surface area contributed by atoms with Crippen LogP contribution in [0.2, 0.25) is 0 Å². The van der Waals surface area contributed by atoms with Gasteiger partial charge in [0.2, 0.25) is 0 Å². The highest BCUT2D eigenvalue weighted by Gasteiger charge is 1.88. The number of rotatable bonds is 5. The highest BCUT2D eigenvalue weighted by molar-refractivity contribution is 7.84. The molecule has 2 nitrogen and oxygen atoms in total. The SMILES string of the molecule is C[S@@](=O)CCCNC=S. The lowest BCUT2D eigenvalue weighted by atomic mass is 10.5. The first-order chi connectivity index (χ1) is 4.27. The van der Waals surface area contributed by atoms with Gasteiger partial charge in [-0.05, 0) is 6.42 Å². The Kier molecular flexibility index (Phi) is 6.19. The fourth-order valence-electron chi connectivity index (χ4n) is 0.436. The minimum absolute atomic E-state index is 0.657. The van der Waals surface area contributed by atoms with Crippen molar-refractivity contribution in [3.8, 4) is 0 Å². The van der Waals surface area contributed by atoms with E-state index < -0.39 is 10.8 Å². The number of nitrogens with one attached hydrogen (secondary N) is 1. The average molecular weight is 165 g/mol. The van der Waals surface area contributed by atoms with Gasteiger partial charge in [0.1, 0.15) is 0 Å². The van der Waals surface area contributed by atoms with Gasteiger partial charge in [0.05, 0.1) is 5.49 Å². The molecule has 0 aromatic rings. The van der Waals surface area contributed by atoms with Crippen molar-refractivity contribution in [1.82, 2.24) is 5.32 Å². The second kappa shape index (κ2) is 6.16. The first-order valence-corrected chi connectivity index (χ1v) is 4.94. The summed E-state index contributed by atoms with van der Waals surface area (Å²) < 4.78 is 10.5. The van der Waals surface area contributed by atoms with Crippen LogP contribution < -0.4 is 5.32 Å². The van der Waals surface area contributed by atoms with E-state index in [1.54, 1.807) is 6.26 Å². The summed E-state index contributed by atoms with van der Waals surface area (Å²) in [5.74, 6) is 0.760. The number of thiocarbonyl (C=S) groups is 1. The molecule has 0 saturated heterocycles. The van der Waals surface area contributed by atoms with E-state index in [-0.39, 0.29) is 0 Å². The molecule has 0 aliphatic carbocycles. The van der Waals surface area contributed by atoms with Gasteiger partial charge in [0.15, 0.2) is 0 Å². The monoisotopic (exact) mass is 165 g/mol. The second-order valence-corrected chi connectivity index (χ2v) is 3.49. The molecule has 0 aliphatic heterocycles. The minimum Gasteiger partial charge on any atom is -0.382 e. The lowest BCUT2D eigenvalue weighted by Gasteiger charge is -1.95. The molecule has 0 amide bonds. The summed E-state index contributed by atoms with van der Waals surface area (Å²) in [5.41, 5.74) is 1.48. The van der Waals surface area contributed by atoms with Crippen molar-refractivity contribution in [3.63, 3.8) is 0 Å². The third kappa shape index (κ3) is 8.04. The molecular weight excluding hydrogens is 154 g/mol. The molecule has 0 fully saturated rings. The molecule has 0 unspecified atom stereocenters. The van der Waals surface area contributed by atoms with Crippen molar-refractivity contribution >= 4 is 28.5 Å². The van der Waals surface area contributed by atoms with Crippen molar-refractivity contribution in [2.45, 2.75) is 6.42 Å². The van der Waals surface area contributed by atoms with Crippen LogP contribution in [0.15, 0.2) is 0 Å². The van der Waals surface area contributed by atoms with E-state index in [9.17, 15) is 4.21 Å². The zero-order valence-corrected chi connectivity index (χ0v) is 7.06. The zero-order chi connectivity index (χ0) is 7.11. The Balaban J connectivity index is 2.91. The van der Waals surface area contributed by atoms with Crippen molar-refractivity contribution in [2.75, 3.05) is 18.6 Å². The average Bonchev–Trinajstić information content (AvgIpc) is 1.80. The van der Waals surface area contributed by atoms with Crippen molar-refractivity contribution < 1.29 is 4.21 Å². The molecule has 9 heavy (non-hydrogen) atoms. The summed E-state index contributed by atoms with van der Waals surface area (Å²) >= 11 is 4.52. The molecule has 0 bridgehead atoms. The molecular formula is C5H11NOS2. The molecule has 0 aromatic carbocycles. The fraction of sp³-hybridized carbons (Fsp3) is 0.800. The van der Waals surface area contributed by atoms with Crippen LogP contribution in [0.3, 0.4) is 0 Å². The Morgan fingerprint density at radius 3 is 2.89 bits per heavy atom. The molecule has 0 radical (unpaired) electrons. The van der Waals surface area contributed by atoms with Crippen LogP contribution in [0, 0.1) is 0 Å². The summed E-state index contributed by atoms with van der Waals surface area (Å²) in [5, 5.41) is 2.86. The van der Waals surface area contributed by atoms with Gasteiger partial charge in [-0.2, -0.15) is 0 Å². The van der Waals surface area contributed by atoms with Crippen molar-refractivity contribution in [1.29, 1.82) is 0 Å². The van der Waals surface area contributed by atoms with E-state index >= 15 is 0 Å². The van der Waals surface area contributed by atoms with E-state index in [4.69, 9.17) is 0 Å². The van der Waals surface area contributed by atoms with Gasteiger partial charge < -0.3 is 5.32 Å². The fourth-order valence-corrected chi connectivity index (χ4v) is 1.11. The largest absolute Gasteiger partial charge is 0.382 e. The van der Waals surface area contributed by atoms with E-state index in [0.717, 1.165) is 18.7 Å². The van der Waals surface area contributed by atoms with E-state index in [2.05, 4.69) is 17.5 Å². The topological polar surface area (TPSA) is 29.1 Å². The predicted octanol–water partition coefficient (Wildman–Crippen LogP) is 0.302. The quantitative estimate of drug-likeness (QED) is 0.469. The van der Waals surface area contributed by atoms with Crippen LogP contribution in [-0.4, -0.2) is 28.3 Å². The standard InChI is InChI=1S/C5H11NOS2/c1-9(7)4-2-3-6-5-8/h5H,2-4H2,1H3,(H,6,8)/t9-/m1/s1. The molecule has 1 N–H and O–H groups in total. The Morgan fingerprint density at radius 1 is 1.78 bits per heavy atom. The Labute approximate surface area is 63.5 Å². The zero-order valence-electron chi connectivity index (χ0n) is 5.42. The summed E-state index contributed by atoms with van der Waals surface area (Å²) in [6.07, 6.45) is 2.63. The van der Waals surface area contributed by atoms with Crippen LogP contribution in [0.4, 0.5) is 0 Å². The number of hydrogen-bond acceptors (Lipinski definition) is 2. The smallest absolute Gasteiger partial charge is 0.0614 e. The van der Waals surface area contributed by atoms with Gasteiger partial charge in [-0.25, -0.2) is 0 Å². The van der Waals surface area contributed by atoms with Gasteiger partial charge in [-0.1, -0.05) is 12.2 Å². The third-order valence-corrected chi connectivity index (χ3v) is 1.87. The maximum atomic E-state index is 10.5. The first kappa shape index (κ1) is 9.04. The maximum Gasteiger partial charge on any atom is 0.0614 e. The van der Waals surface area contributed by atoms with E-state index in [1.807, 2.05) is 0 Å². The lowest BCUT2D eigenvalue weighted by Crippen LogP contribution is -2.13. The first-order valence-electron chi connectivity index (χ1n) is 2.74. The normalized spacial score (nSPS) is 12.6. The predicted molar refractivity (Wildman–Crippen MR) is 45.2 cm³/mol. The van der Waals surface area contributed by atoms with Crippen molar-refractivity contribution in [2.24, 2.45) is 0 Å². The maximum absolute atomic E-state index is 10.5. The second-order valence-electron chi connectivity index (χ2n) is 1.70. The molecule has 4 heteroatoms. The molecule has 0 heterocycles. The van der Waals surface area contributed by atoms with Gasteiger partial charge in [0.25, 0.3) is 0 Å². The van der Waals surface area contributed by atoms with E-state index in [1.165, 1.54) is 5.49 Å². The third-order valence-electron chi connectivity index (χ3n) is 0.836. The van der Waals surface area contributed by atoms with E-state index in [0.29, 0.717) is 0 Å². The molecule has 0 spiro atoms. The van der Waals surface area contributed by atoms with Gasteiger partial charge >= 0.3 is 0 Å². The van der Waals surface area contributed by atoms with Gasteiger partial charge in [-0.15, -0.1) is 0 Å². The minimum atomic E-state index is -0.657. The number of hydrogen-bond donors (Lipinski definition) is 1. The van der Waals surface area contributed by atoms with Crippen LogP contribution in [0.25, 0.3) is 0 Å². The lowest BCUT2D eigenvalue weighted by molar-refractivity contribution is 0.683.